The number of hydrogen-bond donors (Lipinski definition) is 1. The van der Waals surface area contributed by atoms with Crippen molar-refractivity contribution in [1.29, 1.82) is 0 Å². The van der Waals surface area contributed by atoms with E-state index in [-0.39, 0.29) is 11.5 Å². The molecule has 0 aliphatic carbocycles. The number of rotatable bonds is 6. The number of benzene rings is 2. The lowest BCUT2D eigenvalue weighted by molar-refractivity contribution is -0.286. The standard InChI is InChI=1S/C16H12B3F5O7/c17-14(18,19)29-10-5-6(28-15(20,21)22)1-2-7(10)27-8-3-4-9-12(11(8)13(25)26)31-16(23,24)30-9/h1-5H,17-19H2,(H,25,26). The Kier molecular flexibility index (Phi) is 5.40. The van der Waals surface area contributed by atoms with Crippen molar-refractivity contribution in [1.82, 2.24) is 0 Å². The number of aromatic carboxylic acids is 1. The van der Waals surface area contributed by atoms with Crippen molar-refractivity contribution in [2.75, 3.05) is 0 Å². The van der Waals surface area contributed by atoms with E-state index in [1.807, 2.05) is 0 Å². The molecule has 0 saturated heterocycles. The molecule has 7 nitrogen and oxygen atoms in total. The van der Waals surface area contributed by atoms with Crippen molar-refractivity contribution in [3.8, 4) is 34.5 Å². The van der Waals surface area contributed by atoms with Gasteiger partial charge in [-0.25, -0.2) is 4.79 Å². The Hall–Kier alpha value is -3.25. The van der Waals surface area contributed by atoms with Crippen LogP contribution in [0.2, 0.25) is 0 Å². The van der Waals surface area contributed by atoms with Gasteiger partial charge in [-0.2, -0.15) is 0 Å². The van der Waals surface area contributed by atoms with Crippen molar-refractivity contribution in [2.24, 2.45) is 0 Å². The number of hydrogen-bond acceptors (Lipinski definition) is 6. The summed E-state index contributed by atoms with van der Waals surface area (Å²) in [5.41, 5.74) is -0.771. The molecule has 31 heavy (non-hydrogen) atoms. The molecule has 2 aromatic rings. The van der Waals surface area contributed by atoms with Gasteiger partial charge in [0, 0.05) is 11.4 Å². The molecule has 0 atom stereocenters. The molecule has 1 heterocycles. The van der Waals surface area contributed by atoms with Crippen molar-refractivity contribution >= 4 is 29.5 Å². The number of alkyl halides is 5. The van der Waals surface area contributed by atoms with Crippen LogP contribution in [0.15, 0.2) is 30.3 Å². The summed E-state index contributed by atoms with van der Waals surface area (Å²) in [6.45, 7) is 0. The zero-order valence-electron chi connectivity index (χ0n) is 16.2. The number of carboxylic acid groups (broad SMARTS) is 1. The lowest BCUT2D eigenvalue weighted by Gasteiger charge is -2.24. The highest BCUT2D eigenvalue weighted by Crippen LogP contribution is 2.48. The van der Waals surface area contributed by atoms with E-state index in [1.54, 1.807) is 23.5 Å². The second-order valence-corrected chi connectivity index (χ2v) is 7.21. The first-order valence-corrected chi connectivity index (χ1v) is 8.56. The Labute approximate surface area is 174 Å². The van der Waals surface area contributed by atoms with Crippen molar-refractivity contribution in [3.05, 3.63) is 35.9 Å². The fraction of sp³-hybridized carbons (Fsp3) is 0.188. The van der Waals surface area contributed by atoms with Gasteiger partial charge in [0.05, 0.1) is 0 Å². The van der Waals surface area contributed by atoms with Crippen LogP contribution in [0.25, 0.3) is 0 Å². The van der Waals surface area contributed by atoms with Crippen LogP contribution in [0.3, 0.4) is 0 Å². The number of carbonyl (C=O) groups is 1. The predicted octanol–water partition coefficient (Wildman–Crippen LogP) is 1.29. The molecule has 0 fully saturated rings. The van der Waals surface area contributed by atoms with Gasteiger partial charge in [0.15, 0.2) is 23.0 Å². The van der Waals surface area contributed by atoms with Gasteiger partial charge in [0.2, 0.25) is 0 Å². The number of carboxylic acids is 1. The number of halogens is 5. The quantitative estimate of drug-likeness (QED) is 0.532. The minimum Gasteiger partial charge on any atom is -0.510 e. The van der Waals surface area contributed by atoms with Crippen LogP contribution in [0.4, 0.5) is 22.0 Å². The molecule has 162 valence electrons. The molecule has 0 aromatic heterocycles. The minimum atomic E-state index is -4.96. The number of fused-ring (bicyclic) bond motifs is 1. The first-order chi connectivity index (χ1) is 14.1. The lowest BCUT2D eigenvalue weighted by Crippen LogP contribution is -2.37. The van der Waals surface area contributed by atoms with Crippen LogP contribution in [0.1, 0.15) is 10.4 Å². The summed E-state index contributed by atoms with van der Waals surface area (Å²) >= 11 is 0. The Morgan fingerprint density at radius 2 is 1.61 bits per heavy atom. The second kappa shape index (κ2) is 7.47. The third-order valence-electron chi connectivity index (χ3n) is 3.53. The maximum atomic E-state index is 13.4. The zero-order valence-corrected chi connectivity index (χ0v) is 16.2. The molecule has 0 unspecified atom stereocenters. The highest BCUT2D eigenvalue weighted by atomic mass is 19.4. The first-order valence-electron chi connectivity index (χ1n) is 8.56. The molecule has 0 bridgehead atoms. The fourth-order valence-corrected chi connectivity index (χ4v) is 2.58. The molecule has 0 spiro atoms. The van der Waals surface area contributed by atoms with Gasteiger partial charge >= 0.3 is 18.6 Å². The summed E-state index contributed by atoms with van der Waals surface area (Å²) in [5.74, 6) is -4.39. The molecular weight excluding hydrogens is 432 g/mol. The van der Waals surface area contributed by atoms with Crippen molar-refractivity contribution < 1.29 is 55.5 Å². The molecule has 1 aliphatic heterocycles. The van der Waals surface area contributed by atoms with E-state index in [9.17, 15) is 31.9 Å². The zero-order chi connectivity index (χ0) is 23.2. The van der Waals surface area contributed by atoms with Crippen LogP contribution in [0.5, 0.6) is 34.5 Å². The minimum absolute atomic E-state index is 0.197. The normalized spacial score (nSPS) is 14.7. The summed E-state index contributed by atoms with van der Waals surface area (Å²) in [6, 6.07) is 4.90. The van der Waals surface area contributed by atoms with Gasteiger partial charge in [-0.05, 0) is 24.3 Å². The largest absolute Gasteiger partial charge is 0.586 e. The van der Waals surface area contributed by atoms with Crippen LogP contribution in [0, 0.1) is 0 Å². The Bertz CT molecular complexity index is 1020. The van der Waals surface area contributed by atoms with E-state index >= 15 is 0 Å². The smallest absolute Gasteiger partial charge is 0.510 e. The molecule has 1 N–H and O–H groups in total. The van der Waals surface area contributed by atoms with E-state index in [0.29, 0.717) is 0 Å². The van der Waals surface area contributed by atoms with Gasteiger partial charge < -0.3 is 28.8 Å². The molecule has 0 radical (unpaired) electrons. The summed E-state index contributed by atoms with van der Waals surface area (Å²) in [7, 11) is 4.83. The Morgan fingerprint density at radius 1 is 0.968 bits per heavy atom. The van der Waals surface area contributed by atoms with Crippen LogP contribution in [-0.4, -0.2) is 52.6 Å². The monoisotopic (exact) mass is 444 g/mol. The summed E-state index contributed by atoms with van der Waals surface area (Å²) in [4.78, 5) is 11.7. The Morgan fingerprint density at radius 3 is 2.19 bits per heavy atom. The van der Waals surface area contributed by atoms with Crippen LogP contribution >= 0.6 is 0 Å². The van der Waals surface area contributed by atoms with E-state index in [1.165, 1.54) is 0 Å². The molecule has 1 aliphatic rings. The predicted molar refractivity (Wildman–Crippen MR) is 102 cm³/mol. The first kappa shape index (κ1) is 22.4. The van der Waals surface area contributed by atoms with Crippen LogP contribution in [-0.2, 0) is 0 Å². The van der Waals surface area contributed by atoms with Crippen molar-refractivity contribution in [3.63, 3.8) is 0 Å². The third kappa shape index (κ3) is 5.47. The SMILES string of the molecule is BC(B)(B)Oc1cc(OC(F)(F)F)ccc1Oc1ccc2c(c1C(=O)O)OC(F)(F)O2. The Balaban J connectivity index is 2.03. The molecule has 0 saturated carbocycles. The highest BCUT2D eigenvalue weighted by Gasteiger charge is 2.46. The second-order valence-electron chi connectivity index (χ2n) is 7.21. The van der Waals surface area contributed by atoms with Gasteiger partial charge in [-0.1, -0.05) is 0 Å². The summed E-state index contributed by atoms with van der Waals surface area (Å²) in [6.07, 6.45) is -9.03. The number of ether oxygens (including phenoxy) is 5. The maximum Gasteiger partial charge on any atom is 0.586 e. The molecule has 3 rings (SSSR count). The molecule has 0 amide bonds. The average molecular weight is 444 g/mol. The van der Waals surface area contributed by atoms with Crippen molar-refractivity contribution in [2.45, 2.75) is 18.0 Å². The van der Waals surface area contributed by atoms with E-state index in [4.69, 9.17) is 9.47 Å². The van der Waals surface area contributed by atoms with Gasteiger partial charge in [-0.15, -0.1) is 22.0 Å². The van der Waals surface area contributed by atoms with E-state index < -0.39 is 52.5 Å². The molecule has 2 aromatic carbocycles. The third-order valence-corrected chi connectivity index (χ3v) is 3.53. The van der Waals surface area contributed by atoms with E-state index in [2.05, 4.69) is 14.2 Å². The van der Waals surface area contributed by atoms with Gasteiger partial charge in [0.1, 0.15) is 40.6 Å². The fourth-order valence-electron chi connectivity index (χ4n) is 2.58. The van der Waals surface area contributed by atoms with Gasteiger partial charge in [-0.3, -0.25) is 0 Å². The highest BCUT2D eigenvalue weighted by molar-refractivity contribution is 6.58. The average Bonchev–Trinajstić information content (AvgIpc) is 2.87. The maximum absolute atomic E-state index is 13.4. The van der Waals surface area contributed by atoms with E-state index in [0.717, 1.165) is 30.3 Å². The van der Waals surface area contributed by atoms with Gasteiger partial charge in [0.25, 0.3) is 0 Å². The topological polar surface area (TPSA) is 83.5 Å². The molecule has 15 heteroatoms. The molecular formula is C16H12B3F5O7. The summed E-state index contributed by atoms with van der Waals surface area (Å²) in [5, 5.41) is 8.58. The lowest BCUT2D eigenvalue weighted by atomic mass is 9.52. The van der Waals surface area contributed by atoms with Crippen LogP contribution < -0.4 is 23.7 Å². The summed E-state index contributed by atoms with van der Waals surface area (Å²) < 4.78 is 87.8.